The lowest BCUT2D eigenvalue weighted by Gasteiger charge is -2.21. The van der Waals surface area contributed by atoms with Crippen molar-refractivity contribution < 1.29 is 19.1 Å². The Labute approximate surface area is 156 Å². The molecule has 136 valence electrons. The van der Waals surface area contributed by atoms with Gasteiger partial charge in [0.1, 0.15) is 18.7 Å². The van der Waals surface area contributed by atoms with Crippen LogP contribution in [0.2, 0.25) is 0 Å². The van der Waals surface area contributed by atoms with E-state index in [1.54, 1.807) is 55.5 Å². The van der Waals surface area contributed by atoms with Crippen molar-refractivity contribution in [2.24, 2.45) is 0 Å². The van der Waals surface area contributed by atoms with Crippen LogP contribution in [0.4, 0.5) is 4.79 Å². The molecule has 1 heterocycles. The molecule has 7 nitrogen and oxygen atoms in total. The van der Waals surface area contributed by atoms with Crippen LogP contribution >= 0.6 is 0 Å². The zero-order valence-electron chi connectivity index (χ0n) is 14.6. The molecule has 1 aliphatic heterocycles. The number of carbonyl (C=O) groups excluding carboxylic acids is 3. The summed E-state index contributed by atoms with van der Waals surface area (Å²) < 4.78 is 5.14. The molecule has 0 aromatic heterocycles. The van der Waals surface area contributed by atoms with Crippen LogP contribution in [0.5, 0.6) is 0 Å². The summed E-state index contributed by atoms with van der Waals surface area (Å²) >= 11 is 0. The number of hydrogen-bond donors (Lipinski definition) is 1. The zero-order chi connectivity index (χ0) is 19.4. The normalized spacial score (nSPS) is 18.7. The Morgan fingerprint density at radius 3 is 2.63 bits per heavy atom. The first-order valence-corrected chi connectivity index (χ1v) is 8.28. The molecule has 2 aromatic carbocycles. The number of imide groups is 1. The summed E-state index contributed by atoms with van der Waals surface area (Å²) in [5.74, 6) is -1.22. The third kappa shape index (κ3) is 3.65. The van der Waals surface area contributed by atoms with E-state index in [0.717, 1.165) is 4.90 Å². The molecule has 3 rings (SSSR count). The number of rotatable bonds is 5. The summed E-state index contributed by atoms with van der Waals surface area (Å²) in [6.07, 6.45) is 0. The van der Waals surface area contributed by atoms with Crippen LogP contribution in [-0.4, -0.2) is 29.4 Å². The standard InChI is InChI=1S/C20H17N3O4/c1-20(16-8-3-2-4-9-16)18(25)23(19(26)22-20)12-17(24)27-13-15-7-5-6-14(10-15)11-21/h2-10H,12-13H2,1H3,(H,22,26)/t20-/m1/s1. The first-order chi connectivity index (χ1) is 12.9. The van der Waals surface area contributed by atoms with Gasteiger partial charge in [0.2, 0.25) is 0 Å². The Kier molecular flexibility index (Phi) is 4.90. The van der Waals surface area contributed by atoms with Crippen LogP contribution in [0.15, 0.2) is 54.6 Å². The highest BCUT2D eigenvalue weighted by Crippen LogP contribution is 2.28. The predicted octanol–water partition coefficient (Wildman–Crippen LogP) is 2.07. The summed E-state index contributed by atoms with van der Waals surface area (Å²) in [6.45, 7) is 1.07. The Bertz CT molecular complexity index is 936. The summed E-state index contributed by atoms with van der Waals surface area (Å²) in [4.78, 5) is 37.9. The van der Waals surface area contributed by atoms with Gasteiger partial charge in [-0.1, -0.05) is 42.5 Å². The number of amides is 3. The van der Waals surface area contributed by atoms with Crippen LogP contribution in [0.1, 0.15) is 23.6 Å². The number of ether oxygens (including phenoxy) is 1. The third-order valence-electron chi connectivity index (χ3n) is 4.37. The maximum Gasteiger partial charge on any atom is 0.326 e. The maximum atomic E-state index is 12.7. The molecule has 1 N–H and O–H groups in total. The fourth-order valence-electron chi connectivity index (χ4n) is 2.88. The highest BCUT2D eigenvalue weighted by Gasteiger charge is 2.49. The van der Waals surface area contributed by atoms with Crippen molar-refractivity contribution >= 4 is 17.9 Å². The first kappa shape index (κ1) is 18.1. The van der Waals surface area contributed by atoms with Crippen molar-refractivity contribution in [1.29, 1.82) is 5.26 Å². The molecular weight excluding hydrogens is 346 g/mol. The molecule has 1 atom stereocenters. The van der Waals surface area contributed by atoms with Gasteiger partial charge in [0.05, 0.1) is 11.6 Å². The first-order valence-electron chi connectivity index (χ1n) is 8.28. The molecule has 1 fully saturated rings. The molecule has 0 aliphatic carbocycles. The van der Waals surface area contributed by atoms with Crippen molar-refractivity contribution in [3.05, 3.63) is 71.3 Å². The van der Waals surface area contributed by atoms with Crippen molar-refractivity contribution in [2.75, 3.05) is 6.54 Å². The number of esters is 1. The summed E-state index contributed by atoms with van der Waals surface area (Å²) in [7, 11) is 0. The maximum absolute atomic E-state index is 12.7. The lowest BCUT2D eigenvalue weighted by atomic mass is 9.92. The average Bonchev–Trinajstić information content (AvgIpc) is 2.91. The molecule has 0 bridgehead atoms. The van der Waals surface area contributed by atoms with Gasteiger partial charge in [0, 0.05) is 0 Å². The van der Waals surface area contributed by atoms with E-state index in [9.17, 15) is 14.4 Å². The molecule has 0 saturated carbocycles. The van der Waals surface area contributed by atoms with Gasteiger partial charge in [-0.15, -0.1) is 0 Å². The molecule has 1 aliphatic rings. The van der Waals surface area contributed by atoms with E-state index in [0.29, 0.717) is 16.7 Å². The van der Waals surface area contributed by atoms with Gasteiger partial charge in [-0.3, -0.25) is 14.5 Å². The van der Waals surface area contributed by atoms with E-state index in [2.05, 4.69) is 5.32 Å². The van der Waals surface area contributed by atoms with E-state index in [4.69, 9.17) is 10.00 Å². The fourth-order valence-corrected chi connectivity index (χ4v) is 2.88. The second-order valence-electron chi connectivity index (χ2n) is 6.29. The smallest absolute Gasteiger partial charge is 0.326 e. The van der Waals surface area contributed by atoms with Gasteiger partial charge in [-0.2, -0.15) is 5.26 Å². The topological polar surface area (TPSA) is 99.5 Å². The highest BCUT2D eigenvalue weighted by molar-refractivity contribution is 6.08. The van der Waals surface area contributed by atoms with E-state index in [1.807, 2.05) is 12.1 Å². The monoisotopic (exact) mass is 363 g/mol. The van der Waals surface area contributed by atoms with Gasteiger partial charge in [0.25, 0.3) is 5.91 Å². The summed E-state index contributed by atoms with van der Waals surface area (Å²) in [6, 6.07) is 16.8. The number of benzene rings is 2. The summed E-state index contributed by atoms with van der Waals surface area (Å²) in [5, 5.41) is 11.5. The zero-order valence-corrected chi connectivity index (χ0v) is 14.6. The lowest BCUT2D eigenvalue weighted by molar-refractivity contribution is -0.148. The van der Waals surface area contributed by atoms with E-state index in [1.165, 1.54) is 0 Å². The number of hydrogen-bond acceptors (Lipinski definition) is 5. The van der Waals surface area contributed by atoms with Crippen molar-refractivity contribution in [1.82, 2.24) is 10.2 Å². The quantitative estimate of drug-likeness (QED) is 0.647. The van der Waals surface area contributed by atoms with Crippen LogP contribution < -0.4 is 5.32 Å². The van der Waals surface area contributed by atoms with Gasteiger partial charge in [-0.25, -0.2) is 4.79 Å². The Balaban J connectivity index is 1.65. The van der Waals surface area contributed by atoms with Crippen LogP contribution in [0.3, 0.4) is 0 Å². The number of urea groups is 1. The van der Waals surface area contributed by atoms with E-state index >= 15 is 0 Å². The SMILES string of the molecule is C[C@]1(c2ccccc2)NC(=O)N(CC(=O)OCc2cccc(C#N)c2)C1=O. The number of carbonyl (C=O) groups is 3. The second kappa shape index (κ2) is 7.30. The van der Waals surface area contributed by atoms with Gasteiger partial charge >= 0.3 is 12.0 Å². The number of nitriles is 1. The van der Waals surface area contributed by atoms with Crippen molar-refractivity contribution in [2.45, 2.75) is 19.1 Å². The second-order valence-corrected chi connectivity index (χ2v) is 6.29. The van der Waals surface area contributed by atoms with Crippen molar-refractivity contribution in [3.8, 4) is 6.07 Å². The van der Waals surface area contributed by atoms with Gasteiger partial charge < -0.3 is 10.1 Å². The largest absolute Gasteiger partial charge is 0.459 e. The molecule has 3 amide bonds. The molecule has 0 unspecified atom stereocenters. The third-order valence-corrected chi connectivity index (χ3v) is 4.37. The molecule has 0 radical (unpaired) electrons. The molecule has 27 heavy (non-hydrogen) atoms. The minimum absolute atomic E-state index is 0.0477. The number of nitrogens with one attached hydrogen (secondary N) is 1. The van der Waals surface area contributed by atoms with Crippen LogP contribution in [0.25, 0.3) is 0 Å². The molecule has 0 spiro atoms. The van der Waals surface area contributed by atoms with E-state index in [-0.39, 0.29) is 6.61 Å². The summed E-state index contributed by atoms with van der Waals surface area (Å²) in [5.41, 5.74) is 0.511. The number of nitrogens with zero attached hydrogens (tertiary/aromatic N) is 2. The fraction of sp³-hybridized carbons (Fsp3) is 0.200. The Morgan fingerprint density at radius 2 is 1.93 bits per heavy atom. The highest BCUT2D eigenvalue weighted by atomic mass is 16.5. The van der Waals surface area contributed by atoms with Gasteiger partial charge in [-0.05, 0) is 30.2 Å². The lowest BCUT2D eigenvalue weighted by Crippen LogP contribution is -2.41. The van der Waals surface area contributed by atoms with Crippen molar-refractivity contribution in [3.63, 3.8) is 0 Å². The molecular formula is C20H17N3O4. The predicted molar refractivity (Wildman–Crippen MR) is 95.0 cm³/mol. The van der Waals surface area contributed by atoms with Crippen LogP contribution in [0, 0.1) is 11.3 Å². The minimum atomic E-state index is -1.22. The average molecular weight is 363 g/mol. The Hall–Kier alpha value is -3.66. The Morgan fingerprint density at radius 1 is 1.19 bits per heavy atom. The van der Waals surface area contributed by atoms with E-state index < -0.39 is 30.0 Å². The van der Waals surface area contributed by atoms with Gasteiger partial charge in [0.15, 0.2) is 0 Å². The molecule has 2 aromatic rings. The molecule has 7 heteroatoms. The van der Waals surface area contributed by atoms with Crippen LogP contribution in [-0.2, 0) is 26.5 Å². The molecule has 1 saturated heterocycles. The minimum Gasteiger partial charge on any atom is -0.459 e.